The van der Waals surface area contributed by atoms with Crippen LogP contribution >= 0.6 is 11.3 Å². The van der Waals surface area contributed by atoms with Crippen LogP contribution < -0.4 is 20.5 Å². The average Bonchev–Trinajstić information content (AvgIpc) is 3.20. The second-order valence-electron chi connectivity index (χ2n) is 6.72. The van der Waals surface area contributed by atoms with E-state index in [1.807, 2.05) is 29.5 Å². The van der Waals surface area contributed by atoms with Crippen LogP contribution in [-0.4, -0.2) is 44.7 Å². The third-order valence-electron chi connectivity index (χ3n) is 4.86. The maximum atomic E-state index is 6.09. The van der Waals surface area contributed by atoms with Gasteiger partial charge in [-0.2, -0.15) is 0 Å². The Balaban J connectivity index is 1.48. The quantitative estimate of drug-likeness (QED) is 0.562. The molecule has 1 saturated heterocycles. The van der Waals surface area contributed by atoms with Crippen LogP contribution in [0.25, 0.3) is 0 Å². The Kier molecular flexibility index (Phi) is 6.95. The molecule has 1 aliphatic heterocycles. The Bertz CT molecular complexity index is 740. The molecule has 27 heavy (non-hydrogen) atoms. The number of piperidine rings is 1. The average molecular weight is 389 g/mol. The first-order valence-electron chi connectivity index (χ1n) is 9.21. The number of aliphatic imine (C=N–C) groups is 1. The van der Waals surface area contributed by atoms with Crippen molar-refractivity contribution in [2.75, 3.05) is 39.2 Å². The summed E-state index contributed by atoms with van der Waals surface area (Å²) >= 11 is 1.83. The molecule has 2 heterocycles. The number of hydrogen-bond acceptors (Lipinski definition) is 5. The molecule has 7 heteroatoms. The van der Waals surface area contributed by atoms with Gasteiger partial charge in [-0.3, -0.25) is 9.89 Å². The van der Waals surface area contributed by atoms with Gasteiger partial charge < -0.3 is 20.5 Å². The minimum atomic E-state index is 0.405. The number of guanidine groups is 1. The predicted molar refractivity (Wildman–Crippen MR) is 112 cm³/mol. The summed E-state index contributed by atoms with van der Waals surface area (Å²) < 4.78 is 10.6. The van der Waals surface area contributed by atoms with Gasteiger partial charge in [0.05, 0.1) is 19.9 Å². The van der Waals surface area contributed by atoms with E-state index in [4.69, 9.17) is 15.2 Å². The number of nitrogens with zero attached hydrogens (tertiary/aromatic N) is 2. The molecule has 1 aromatic carbocycles. The zero-order valence-electron chi connectivity index (χ0n) is 16.0. The normalized spacial score (nSPS) is 16.3. The number of nitrogens with two attached hydrogens (primary N) is 1. The summed E-state index contributed by atoms with van der Waals surface area (Å²) in [6.45, 7) is 4.05. The fourth-order valence-electron chi connectivity index (χ4n) is 3.27. The molecule has 0 unspecified atom stereocenters. The van der Waals surface area contributed by atoms with E-state index in [0.717, 1.165) is 50.5 Å². The summed E-state index contributed by atoms with van der Waals surface area (Å²) in [7, 11) is 3.26. The highest BCUT2D eigenvalue weighted by Gasteiger charge is 2.19. The predicted octanol–water partition coefficient (Wildman–Crippen LogP) is 3.40. The number of benzene rings is 1. The van der Waals surface area contributed by atoms with E-state index in [1.54, 1.807) is 14.2 Å². The molecule has 3 rings (SSSR count). The molecular formula is C20H28N4O2S. The maximum absolute atomic E-state index is 6.09. The number of ether oxygens (including phenoxy) is 2. The Labute approximate surface area is 165 Å². The van der Waals surface area contributed by atoms with E-state index in [9.17, 15) is 0 Å². The van der Waals surface area contributed by atoms with Crippen LogP contribution in [-0.2, 0) is 6.54 Å². The van der Waals surface area contributed by atoms with Gasteiger partial charge in [0.1, 0.15) is 11.5 Å². The first-order chi connectivity index (χ1) is 13.2. The molecule has 146 valence electrons. The lowest BCUT2D eigenvalue weighted by molar-refractivity contribution is 0.182. The van der Waals surface area contributed by atoms with Crippen molar-refractivity contribution in [3.63, 3.8) is 0 Å². The SMILES string of the molecule is COc1ccc(OC)c(NC(N)=NCC2CCN(Cc3cccs3)CC2)c1. The van der Waals surface area contributed by atoms with Crippen LogP contribution in [0.2, 0.25) is 0 Å². The number of anilines is 1. The minimum absolute atomic E-state index is 0.405. The van der Waals surface area contributed by atoms with Crippen molar-refractivity contribution in [3.05, 3.63) is 40.6 Å². The Morgan fingerprint density at radius 1 is 1.26 bits per heavy atom. The summed E-state index contributed by atoms with van der Waals surface area (Å²) in [5, 5.41) is 5.27. The van der Waals surface area contributed by atoms with Crippen molar-refractivity contribution in [3.8, 4) is 11.5 Å². The van der Waals surface area contributed by atoms with E-state index in [0.29, 0.717) is 17.6 Å². The maximum Gasteiger partial charge on any atom is 0.193 e. The molecule has 1 aromatic heterocycles. The lowest BCUT2D eigenvalue weighted by Gasteiger charge is -2.30. The van der Waals surface area contributed by atoms with Gasteiger partial charge in [-0.05, 0) is 55.4 Å². The highest BCUT2D eigenvalue weighted by molar-refractivity contribution is 7.09. The van der Waals surface area contributed by atoms with Crippen LogP contribution in [0.15, 0.2) is 40.7 Å². The van der Waals surface area contributed by atoms with Crippen LogP contribution in [0.3, 0.4) is 0 Å². The summed E-state index contributed by atoms with van der Waals surface area (Å²) in [5.41, 5.74) is 6.84. The van der Waals surface area contributed by atoms with Crippen LogP contribution in [0.1, 0.15) is 17.7 Å². The van der Waals surface area contributed by atoms with Gasteiger partial charge in [0.2, 0.25) is 0 Å². The van der Waals surface area contributed by atoms with Crippen molar-refractivity contribution >= 4 is 23.0 Å². The van der Waals surface area contributed by atoms with Crippen LogP contribution in [0.4, 0.5) is 5.69 Å². The Hall–Kier alpha value is -2.25. The lowest BCUT2D eigenvalue weighted by atomic mass is 9.97. The standard InChI is InChI=1S/C20H28N4O2S/c1-25-16-5-6-19(26-2)18(12-16)23-20(21)22-13-15-7-9-24(10-8-15)14-17-4-3-11-27-17/h3-6,11-12,15H,7-10,13-14H2,1-2H3,(H3,21,22,23). The first-order valence-corrected chi connectivity index (χ1v) is 10.1. The van der Waals surface area contributed by atoms with Crippen molar-refractivity contribution in [1.29, 1.82) is 0 Å². The molecule has 0 spiro atoms. The Morgan fingerprint density at radius 2 is 2.07 bits per heavy atom. The summed E-state index contributed by atoms with van der Waals surface area (Å²) in [4.78, 5) is 8.51. The van der Waals surface area contributed by atoms with Crippen molar-refractivity contribution < 1.29 is 9.47 Å². The highest BCUT2D eigenvalue weighted by atomic mass is 32.1. The van der Waals surface area contributed by atoms with Gasteiger partial charge in [-0.15, -0.1) is 11.3 Å². The zero-order valence-corrected chi connectivity index (χ0v) is 16.8. The fourth-order valence-corrected chi connectivity index (χ4v) is 4.01. The zero-order chi connectivity index (χ0) is 19.1. The Morgan fingerprint density at radius 3 is 2.74 bits per heavy atom. The lowest BCUT2D eigenvalue weighted by Crippen LogP contribution is -2.34. The van der Waals surface area contributed by atoms with Crippen LogP contribution in [0.5, 0.6) is 11.5 Å². The molecular weight excluding hydrogens is 360 g/mol. The highest BCUT2D eigenvalue weighted by Crippen LogP contribution is 2.28. The second kappa shape index (κ2) is 9.62. The fraction of sp³-hybridized carbons (Fsp3) is 0.450. The van der Waals surface area contributed by atoms with Gasteiger partial charge in [0, 0.05) is 24.0 Å². The van der Waals surface area contributed by atoms with Crippen molar-refractivity contribution in [2.24, 2.45) is 16.6 Å². The van der Waals surface area contributed by atoms with Gasteiger partial charge in [-0.1, -0.05) is 6.07 Å². The molecule has 0 aliphatic carbocycles. The van der Waals surface area contributed by atoms with Gasteiger partial charge in [0.15, 0.2) is 5.96 Å². The molecule has 0 atom stereocenters. The molecule has 0 bridgehead atoms. The van der Waals surface area contributed by atoms with E-state index in [-0.39, 0.29) is 0 Å². The van der Waals surface area contributed by atoms with E-state index in [1.165, 1.54) is 4.88 Å². The molecule has 3 N–H and O–H groups in total. The van der Waals surface area contributed by atoms with E-state index < -0.39 is 0 Å². The molecule has 0 amide bonds. The number of likely N-dealkylation sites (tertiary alicyclic amines) is 1. The van der Waals surface area contributed by atoms with Crippen molar-refractivity contribution in [1.82, 2.24) is 4.90 Å². The topological polar surface area (TPSA) is 72.1 Å². The summed E-state index contributed by atoms with van der Waals surface area (Å²) in [5.74, 6) is 2.43. The minimum Gasteiger partial charge on any atom is -0.497 e. The van der Waals surface area contributed by atoms with Gasteiger partial charge in [-0.25, -0.2) is 0 Å². The smallest absolute Gasteiger partial charge is 0.193 e. The molecule has 0 saturated carbocycles. The van der Waals surface area contributed by atoms with Crippen LogP contribution in [0, 0.1) is 5.92 Å². The summed E-state index contributed by atoms with van der Waals surface area (Å²) in [6, 6.07) is 9.87. The number of methoxy groups -OCH3 is 2. The van der Waals surface area contributed by atoms with E-state index >= 15 is 0 Å². The first kappa shape index (κ1) is 19.5. The second-order valence-corrected chi connectivity index (χ2v) is 7.75. The number of rotatable bonds is 7. The molecule has 0 radical (unpaired) electrons. The van der Waals surface area contributed by atoms with Crippen molar-refractivity contribution in [2.45, 2.75) is 19.4 Å². The number of thiophene rings is 1. The van der Waals surface area contributed by atoms with Gasteiger partial charge >= 0.3 is 0 Å². The van der Waals surface area contributed by atoms with Gasteiger partial charge in [0.25, 0.3) is 0 Å². The molecule has 2 aromatic rings. The summed E-state index contributed by atoms with van der Waals surface area (Å²) in [6.07, 6.45) is 2.31. The monoisotopic (exact) mass is 388 g/mol. The number of hydrogen-bond donors (Lipinski definition) is 2. The third kappa shape index (κ3) is 5.61. The number of nitrogens with one attached hydrogen (secondary N) is 1. The molecule has 1 fully saturated rings. The molecule has 6 nitrogen and oxygen atoms in total. The van der Waals surface area contributed by atoms with E-state index in [2.05, 4.69) is 32.7 Å². The molecule has 1 aliphatic rings. The third-order valence-corrected chi connectivity index (χ3v) is 5.72. The largest absolute Gasteiger partial charge is 0.497 e.